The molecule has 0 bridgehead atoms. The molecule has 2 aromatic carbocycles. The highest BCUT2D eigenvalue weighted by Gasteiger charge is 2.14. The first-order valence-electron chi connectivity index (χ1n) is 7.39. The van der Waals surface area contributed by atoms with E-state index >= 15 is 0 Å². The summed E-state index contributed by atoms with van der Waals surface area (Å²) in [5.41, 5.74) is 6.23. The smallest absolute Gasteiger partial charge is 0.340 e. The Kier molecular flexibility index (Phi) is 6.51. The largest absolute Gasteiger partial charge is 0.452 e. The maximum atomic E-state index is 12.8. The molecule has 9 heteroatoms. The van der Waals surface area contributed by atoms with Crippen LogP contribution in [0.25, 0.3) is 0 Å². The number of hydrogen-bond donors (Lipinski definition) is 3. The second kappa shape index (κ2) is 8.82. The number of carbonyl (C=O) groups excluding carboxylic acids is 3. The maximum Gasteiger partial charge on any atom is 0.340 e. The highest BCUT2D eigenvalue weighted by Crippen LogP contribution is 2.18. The molecule has 4 N–H and O–H groups in total. The number of nitrogens with one attached hydrogen (secondary N) is 2. The van der Waals surface area contributed by atoms with Crippen molar-refractivity contribution in [2.45, 2.75) is 0 Å². The van der Waals surface area contributed by atoms with Gasteiger partial charge in [-0.3, -0.25) is 9.59 Å². The van der Waals surface area contributed by atoms with E-state index in [2.05, 4.69) is 10.6 Å². The molecular weight excluding hydrogens is 365 g/mol. The van der Waals surface area contributed by atoms with E-state index in [0.29, 0.717) is 10.7 Å². The van der Waals surface area contributed by atoms with Gasteiger partial charge in [0.15, 0.2) is 6.61 Å². The van der Waals surface area contributed by atoms with Gasteiger partial charge in [-0.2, -0.15) is 0 Å². The predicted molar refractivity (Wildman–Crippen MR) is 94.2 cm³/mol. The van der Waals surface area contributed by atoms with Gasteiger partial charge in [0.05, 0.1) is 12.1 Å². The van der Waals surface area contributed by atoms with Crippen LogP contribution in [0.2, 0.25) is 5.02 Å². The van der Waals surface area contributed by atoms with Crippen LogP contribution >= 0.6 is 11.6 Å². The first-order chi connectivity index (χ1) is 12.3. The van der Waals surface area contributed by atoms with Crippen LogP contribution in [0.15, 0.2) is 42.5 Å². The van der Waals surface area contributed by atoms with Gasteiger partial charge in [0.2, 0.25) is 5.91 Å². The molecule has 26 heavy (non-hydrogen) atoms. The van der Waals surface area contributed by atoms with Gasteiger partial charge in [0.1, 0.15) is 5.82 Å². The quantitative estimate of drug-likeness (QED) is 0.525. The second-order valence-corrected chi connectivity index (χ2v) is 5.58. The third kappa shape index (κ3) is 5.75. The van der Waals surface area contributed by atoms with E-state index in [1.54, 1.807) is 0 Å². The molecule has 0 atom stereocenters. The number of nitrogen functional groups attached to an aromatic ring is 1. The summed E-state index contributed by atoms with van der Waals surface area (Å²) < 4.78 is 17.6. The van der Waals surface area contributed by atoms with Gasteiger partial charge in [-0.25, -0.2) is 9.18 Å². The highest BCUT2D eigenvalue weighted by atomic mass is 35.5. The van der Waals surface area contributed by atoms with Gasteiger partial charge < -0.3 is 21.1 Å². The van der Waals surface area contributed by atoms with Crippen molar-refractivity contribution < 1.29 is 23.5 Å². The Morgan fingerprint density at radius 1 is 1.08 bits per heavy atom. The number of carbonyl (C=O) groups is 3. The van der Waals surface area contributed by atoms with Crippen molar-refractivity contribution in [1.82, 2.24) is 5.32 Å². The number of anilines is 2. The summed E-state index contributed by atoms with van der Waals surface area (Å²) in [6.45, 7) is -0.929. The minimum absolute atomic E-state index is 0.0411. The number of rotatable bonds is 6. The van der Waals surface area contributed by atoms with Crippen molar-refractivity contribution in [2.24, 2.45) is 0 Å². The van der Waals surface area contributed by atoms with Crippen LogP contribution in [0.4, 0.5) is 15.8 Å². The molecular formula is C17H15ClFN3O4. The Morgan fingerprint density at radius 3 is 2.46 bits per heavy atom. The van der Waals surface area contributed by atoms with E-state index in [4.69, 9.17) is 22.1 Å². The number of amides is 2. The second-order valence-electron chi connectivity index (χ2n) is 5.14. The fourth-order valence-electron chi connectivity index (χ4n) is 1.88. The Hall–Kier alpha value is -3.13. The van der Waals surface area contributed by atoms with Crippen LogP contribution < -0.4 is 16.4 Å². The minimum Gasteiger partial charge on any atom is -0.452 e. The summed E-state index contributed by atoms with van der Waals surface area (Å²) in [4.78, 5) is 35.2. The van der Waals surface area contributed by atoms with E-state index in [1.807, 2.05) is 0 Å². The first kappa shape index (κ1) is 19.2. The molecule has 0 aliphatic carbocycles. The zero-order valence-corrected chi connectivity index (χ0v) is 14.2. The van der Waals surface area contributed by atoms with E-state index in [0.717, 1.165) is 0 Å². The molecule has 7 nitrogen and oxygen atoms in total. The number of halogens is 2. The van der Waals surface area contributed by atoms with Crippen LogP contribution in [0.1, 0.15) is 10.4 Å². The van der Waals surface area contributed by atoms with Crippen LogP contribution in [-0.4, -0.2) is 30.9 Å². The average Bonchev–Trinajstić information content (AvgIpc) is 2.62. The zero-order valence-electron chi connectivity index (χ0n) is 13.4. The van der Waals surface area contributed by atoms with Gasteiger partial charge in [0, 0.05) is 16.4 Å². The lowest BCUT2D eigenvalue weighted by Crippen LogP contribution is -2.35. The standard InChI is InChI=1S/C17H15ClFN3O4/c18-10-1-6-14(20)13(7-10)17(25)26-9-16(24)21-8-15(23)22-12-4-2-11(19)3-5-12/h1-7H,8-9,20H2,(H,21,24)(H,22,23). The topological polar surface area (TPSA) is 111 Å². The van der Waals surface area contributed by atoms with Gasteiger partial charge in [0.25, 0.3) is 5.91 Å². The van der Waals surface area contributed by atoms with E-state index in [-0.39, 0.29) is 17.8 Å². The molecule has 0 radical (unpaired) electrons. The van der Waals surface area contributed by atoms with Crippen molar-refractivity contribution in [3.8, 4) is 0 Å². The van der Waals surface area contributed by atoms with Crippen molar-refractivity contribution >= 4 is 40.8 Å². The lowest BCUT2D eigenvalue weighted by atomic mass is 10.2. The fraction of sp³-hybridized carbons (Fsp3) is 0.118. The molecule has 0 aliphatic rings. The number of benzene rings is 2. The molecule has 0 unspecified atom stereocenters. The van der Waals surface area contributed by atoms with E-state index < -0.39 is 30.2 Å². The third-order valence-corrected chi connectivity index (χ3v) is 3.38. The summed E-state index contributed by atoms with van der Waals surface area (Å²) in [5.74, 6) is -2.43. The minimum atomic E-state index is -0.809. The van der Waals surface area contributed by atoms with Crippen molar-refractivity contribution in [1.29, 1.82) is 0 Å². The summed E-state index contributed by atoms with van der Waals surface area (Å²) in [6, 6.07) is 9.43. The van der Waals surface area contributed by atoms with Crippen LogP contribution in [0.5, 0.6) is 0 Å². The molecule has 0 saturated heterocycles. The normalized spacial score (nSPS) is 10.1. The Labute approximate surface area is 153 Å². The summed E-state index contributed by atoms with van der Waals surface area (Å²) >= 11 is 5.78. The molecule has 2 aromatic rings. The number of ether oxygens (including phenoxy) is 1. The van der Waals surface area contributed by atoms with Gasteiger partial charge >= 0.3 is 5.97 Å². The molecule has 0 fully saturated rings. The summed E-state index contributed by atoms with van der Waals surface area (Å²) in [7, 11) is 0. The number of nitrogens with two attached hydrogens (primary N) is 1. The Morgan fingerprint density at radius 2 is 1.77 bits per heavy atom. The van der Waals surface area contributed by atoms with Gasteiger partial charge in [-0.05, 0) is 42.5 Å². The predicted octanol–water partition coefficient (Wildman–Crippen LogP) is 1.97. The monoisotopic (exact) mass is 379 g/mol. The average molecular weight is 380 g/mol. The fourth-order valence-corrected chi connectivity index (χ4v) is 2.05. The summed E-state index contributed by atoms with van der Waals surface area (Å²) in [6.07, 6.45) is 0. The van der Waals surface area contributed by atoms with E-state index in [1.165, 1.54) is 42.5 Å². The summed E-state index contributed by atoms with van der Waals surface area (Å²) in [5, 5.41) is 5.06. The third-order valence-electron chi connectivity index (χ3n) is 3.14. The van der Waals surface area contributed by atoms with E-state index in [9.17, 15) is 18.8 Å². The Bertz CT molecular complexity index is 827. The highest BCUT2D eigenvalue weighted by molar-refractivity contribution is 6.31. The van der Waals surface area contributed by atoms with Crippen molar-refractivity contribution in [3.05, 3.63) is 58.9 Å². The van der Waals surface area contributed by atoms with Crippen LogP contribution in [0.3, 0.4) is 0 Å². The van der Waals surface area contributed by atoms with Crippen LogP contribution in [0, 0.1) is 5.82 Å². The zero-order chi connectivity index (χ0) is 19.1. The molecule has 2 amide bonds. The number of hydrogen-bond acceptors (Lipinski definition) is 5. The van der Waals surface area contributed by atoms with Crippen molar-refractivity contribution in [3.63, 3.8) is 0 Å². The molecule has 0 aliphatic heterocycles. The van der Waals surface area contributed by atoms with Gasteiger partial charge in [-0.1, -0.05) is 11.6 Å². The molecule has 0 saturated carbocycles. The first-order valence-corrected chi connectivity index (χ1v) is 7.77. The molecule has 0 heterocycles. The SMILES string of the molecule is Nc1ccc(Cl)cc1C(=O)OCC(=O)NCC(=O)Nc1ccc(F)cc1. The molecule has 136 valence electrons. The lowest BCUT2D eigenvalue weighted by molar-refractivity contribution is -0.126. The molecule has 0 aromatic heterocycles. The van der Waals surface area contributed by atoms with Crippen molar-refractivity contribution in [2.75, 3.05) is 24.2 Å². The maximum absolute atomic E-state index is 12.8. The number of esters is 1. The Balaban J connectivity index is 1.76. The van der Waals surface area contributed by atoms with Gasteiger partial charge in [-0.15, -0.1) is 0 Å². The molecule has 2 rings (SSSR count). The lowest BCUT2D eigenvalue weighted by Gasteiger charge is -2.09. The molecule has 0 spiro atoms. The van der Waals surface area contributed by atoms with Crippen LogP contribution in [-0.2, 0) is 14.3 Å².